The van der Waals surface area contributed by atoms with Crippen LogP contribution in [0.15, 0.2) is 29.3 Å². The van der Waals surface area contributed by atoms with Gasteiger partial charge in [-0.3, -0.25) is 4.79 Å². The van der Waals surface area contributed by atoms with Crippen molar-refractivity contribution in [1.29, 1.82) is 0 Å². The topological polar surface area (TPSA) is 74.2 Å². The van der Waals surface area contributed by atoms with Gasteiger partial charge in [0.15, 0.2) is 5.96 Å². The van der Waals surface area contributed by atoms with Gasteiger partial charge in [0.25, 0.3) is 0 Å². The molecule has 0 bridgehead atoms. The number of rotatable bonds is 5. The third kappa shape index (κ3) is 4.43. The number of hydrogen-bond donors (Lipinski definition) is 2. The van der Waals surface area contributed by atoms with Crippen LogP contribution < -0.4 is 5.32 Å². The number of piperidine rings is 1. The number of carbonyl (C=O) groups is 1. The monoisotopic (exact) mass is 373 g/mol. The molecule has 27 heavy (non-hydrogen) atoms. The van der Waals surface area contributed by atoms with Gasteiger partial charge < -0.3 is 20.1 Å². The van der Waals surface area contributed by atoms with Crippen molar-refractivity contribution >= 4 is 11.9 Å². The molecule has 0 aromatic heterocycles. The quantitative estimate of drug-likeness (QED) is 0.470. The van der Waals surface area contributed by atoms with E-state index in [0.717, 1.165) is 50.4 Å². The van der Waals surface area contributed by atoms with E-state index in [0.29, 0.717) is 19.6 Å². The molecule has 1 heterocycles. The van der Waals surface area contributed by atoms with Crippen LogP contribution in [0.5, 0.6) is 0 Å². The van der Waals surface area contributed by atoms with Crippen molar-refractivity contribution in [1.82, 2.24) is 10.2 Å². The van der Waals surface area contributed by atoms with E-state index in [-0.39, 0.29) is 11.9 Å². The SMILES string of the molecule is CCNC(=NCC1(O)CCc2ccccc21)N1CCC(C(=O)OCC)CC1. The minimum atomic E-state index is -0.888. The summed E-state index contributed by atoms with van der Waals surface area (Å²) >= 11 is 0. The Kier molecular flexibility index (Phi) is 6.37. The summed E-state index contributed by atoms with van der Waals surface area (Å²) in [6, 6.07) is 8.09. The van der Waals surface area contributed by atoms with Crippen molar-refractivity contribution in [2.24, 2.45) is 10.9 Å². The van der Waals surface area contributed by atoms with Crippen LogP contribution in [0.3, 0.4) is 0 Å². The van der Waals surface area contributed by atoms with Gasteiger partial charge in [0.2, 0.25) is 0 Å². The molecule has 2 N–H and O–H groups in total. The number of benzene rings is 1. The van der Waals surface area contributed by atoms with E-state index in [4.69, 9.17) is 9.73 Å². The van der Waals surface area contributed by atoms with Crippen molar-refractivity contribution in [3.8, 4) is 0 Å². The lowest BCUT2D eigenvalue weighted by Gasteiger charge is -2.34. The number of nitrogens with one attached hydrogen (secondary N) is 1. The van der Waals surface area contributed by atoms with Gasteiger partial charge in [0.1, 0.15) is 5.60 Å². The second-order valence-electron chi connectivity index (χ2n) is 7.37. The number of aliphatic hydroxyl groups is 1. The molecule has 1 unspecified atom stereocenters. The Morgan fingerprint density at radius 3 is 2.78 bits per heavy atom. The molecule has 0 radical (unpaired) electrons. The normalized spacial score (nSPS) is 23.2. The van der Waals surface area contributed by atoms with Crippen molar-refractivity contribution in [3.63, 3.8) is 0 Å². The second kappa shape index (κ2) is 8.74. The largest absolute Gasteiger partial charge is 0.466 e. The average molecular weight is 373 g/mol. The lowest BCUT2D eigenvalue weighted by molar-refractivity contribution is -0.149. The van der Waals surface area contributed by atoms with Crippen molar-refractivity contribution in [2.45, 2.75) is 45.1 Å². The number of aryl methyl sites for hydroxylation is 1. The minimum absolute atomic E-state index is 0.0185. The van der Waals surface area contributed by atoms with Crippen molar-refractivity contribution < 1.29 is 14.6 Å². The fourth-order valence-electron chi connectivity index (χ4n) is 4.05. The van der Waals surface area contributed by atoms with E-state index in [1.165, 1.54) is 5.56 Å². The Morgan fingerprint density at radius 1 is 1.33 bits per heavy atom. The fraction of sp³-hybridized carbons (Fsp3) is 0.619. The first-order valence-electron chi connectivity index (χ1n) is 10.1. The zero-order chi connectivity index (χ0) is 19.3. The molecular weight excluding hydrogens is 342 g/mol. The second-order valence-corrected chi connectivity index (χ2v) is 7.37. The molecule has 2 aliphatic rings. The Labute approximate surface area is 161 Å². The van der Waals surface area contributed by atoms with Crippen molar-refractivity contribution in [2.75, 3.05) is 32.8 Å². The van der Waals surface area contributed by atoms with E-state index in [2.05, 4.69) is 16.3 Å². The number of hydrogen-bond acceptors (Lipinski definition) is 4. The third-order valence-electron chi connectivity index (χ3n) is 5.57. The van der Waals surface area contributed by atoms with Gasteiger partial charge in [-0.1, -0.05) is 24.3 Å². The van der Waals surface area contributed by atoms with Gasteiger partial charge in [-0.2, -0.15) is 0 Å². The first-order valence-corrected chi connectivity index (χ1v) is 10.1. The Hall–Kier alpha value is -2.08. The first-order chi connectivity index (χ1) is 13.1. The predicted molar refractivity (Wildman–Crippen MR) is 106 cm³/mol. The number of fused-ring (bicyclic) bond motifs is 1. The minimum Gasteiger partial charge on any atom is -0.466 e. The van der Waals surface area contributed by atoms with Gasteiger partial charge in [-0.15, -0.1) is 0 Å². The molecule has 1 aromatic rings. The molecular formula is C21H31N3O3. The summed E-state index contributed by atoms with van der Waals surface area (Å²) in [4.78, 5) is 18.9. The Bertz CT molecular complexity index is 683. The first kappa shape index (κ1) is 19.7. The molecule has 1 aromatic carbocycles. The maximum atomic E-state index is 11.9. The summed E-state index contributed by atoms with van der Waals surface area (Å²) in [5.41, 5.74) is 1.33. The number of carbonyl (C=O) groups excluding carboxylic acids is 1. The zero-order valence-corrected chi connectivity index (χ0v) is 16.4. The molecule has 0 amide bonds. The van der Waals surface area contributed by atoms with Crippen LogP contribution in [0.2, 0.25) is 0 Å². The highest BCUT2D eigenvalue weighted by Gasteiger charge is 2.36. The molecule has 3 rings (SSSR count). The van der Waals surface area contributed by atoms with Crippen LogP contribution in [0.25, 0.3) is 0 Å². The molecule has 0 saturated carbocycles. The summed E-state index contributed by atoms with van der Waals surface area (Å²) < 4.78 is 5.15. The maximum absolute atomic E-state index is 11.9. The lowest BCUT2D eigenvalue weighted by atomic mass is 9.96. The van der Waals surface area contributed by atoms with Crippen molar-refractivity contribution in [3.05, 3.63) is 35.4 Å². The van der Waals surface area contributed by atoms with Gasteiger partial charge in [-0.05, 0) is 50.7 Å². The Balaban J connectivity index is 1.65. The highest BCUT2D eigenvalue weighted by atomic mass is 16.5. The predicted octanol–water partition coefficient (Wildman–Crippen LogP) is 2.06. The standard InChI is InChI=1S/C21H31N3O3/c1-3-22-20(24-13-10-17(11-14-24)19(25)27-4-2)23-15-21(26)12-9-16-7-5-6-8-18(16)21/h5-8,17,26H,3-4,9-15H2,1-2H3,(H,22,23). The zero-order valence-electron chi connectivity index (χ0n) is 16.4. The van der Waals surface area contributed by atoms with E-state index in [1.54, 1.807) is 0 Å². The van der Waals surface area contributed by atoms with Crippen LogP contribution >= 0.6 is 0 Å². The van der Waals surface area contributed by atoms with E-state index < -0.39 is 5.60 Å². The van der Waals surface area contributed by atoms with E-state index in [9.17, 15) is 9.90 Å². The molecule has 1 aliphatic carbocycles. The van der Waals surface area contributed by atoms with Crippen LogP contribution in [-0.4, -0.2) is 54.7 Å². The molecule has 0 spiro atoms. The average Bonchev–Trinajstić information content (AvgIpc) is 3.03. The highest BCUT2D eigenvalue weighted by molar-refractivity contribution is 5.80. The summed E-state index contributed by atoms with van der Waals surface area (Å²) in [5, 5.41) is 14.5. The molecule has 6 heteroatoms. The van der Waals surface area contributed by atoms with Crippen LogP contribution in [-0.2, 0) is 21.6 Å². The van der Waals surface area contributed by atoms with Crippen LogP contribution in [0.1, 0.15) is 44.2 Å². The van der Waals surface area contributed by atoms with Crippen LogP contribution in [0.4, 0.5) is 0 Å². The highest BCUT2D eigenvalue weighted by Crippen LogP contribution is 2.37. The molecule has 1 aliphatic heterocycles. The molecule has 6 nitrogen and oxygen atoms in total. The molecule has 1 atom stereocenters. The summed E-state index contributed by atoms with van der Waals surface area (Å²) in [5.74, 6) is 0.712. The number of ether oxygens (including phenoxy) is 1. The van der Waals surface area contributed by atoms with Gasteiger partial charge in [0.05, 0.1) is 19.1 Å². The summed E-state index contributed by atoms with van der Waals surface area (Å²) in [6.45, 7) is 6.98. The number of esters is 1. The number of nitrogens with zero attached hydrogens (tertiary/aromatic N) is 2. The Morgan fingerprint density at radius 2 is 2.07 bits per heavy atom. The van der Waals surface area contributed by atoms with Gasteiger partial charge in [0, 0.05) is 19.6 Å². The lowest BCUT2D eigenvalue weighted by Crippen LogP contribution is -2.47. The molecule has 1 fully saturated rings. The van der Waals surface area contributed by atoms with E-state index in [1.807, 2.05) is 32.0 Å². The van der Waals surface area contributed by atoms with Gasteiger partial charge >= 0.3 is 5.97 Å². The molecule has 148 valence electrons. The smallest absolute Gasteiger partial charge is 0.309 e. The molecule has 1 saturated heterocycles. The van der Waals surface area contributed by atoms with Crippen LogP contribution in [0, 0.1) is 5.92 Å². The summed E-state index contributed by atoms with van der Waals surface area (Å²) in [6.07, 6.45) is 3.15. The fourth-order valence-corrected chi connectivity index (χ4v) is 4.05. The van der Waals surface area contributed by atoms with E-state index >= 15 is 0 Å². The number of guanidine groups is 1. The maximum Gasteiger partial charge on any atom is 0.309 e. The number of likely N-dealkylation sites (tertiary alicyclic amines) is 1. The van der Waals surface area contributed by atoms with Gasteiger partial charge in [-0.25, -0.2) is 4.99 Å². The third-order valence-corrected chi connectivity index (χ3v) is 5.57. The summed E-state index contributed by atoms with van der Waals surface area (Å²) in [7, 11) is 0. The number of aliphatic imine (C=N–C) groups is 1.